The number of ether oxygens (including phenoxy) is 1. The Labute approximate surface area is 193 Å². The summed E-state index contributed by atoms with van der Waals surface area (Å²) < 4.78 is 11.7. The van der Waals surface area contributed by atoms with Crippen LogP contribution in [0.2, 0.25) is 0 Å². The van der Waals surface area contributed by atoms with Crippen molar-refractivity contribution < 1.29 is 23.8 Å². The Morgan fingerprint density at radius 3 is 2.70 bits per heavy atom. The predicted octanol–water partition coefficient (Wildman–Crippen LogP) is 5.14. The van der Waals surface area contributed by atoms with Crippen LogP contribution < -0.4 is 9.64 Å². The SMILES string of the molecule is COc1ccc2nc(N3C(=O)C(=O)/C(=C(/O)c4cc(C)ccc4C)C3c3ccco3)sc2c1. The smallest absolute Gasteiger partial charge is 0.302 e. The van der Waals surface area contributed by atoms with Crippen LogP contribution in [0.15, 0.2) is 64.8 Å². The van der Waals surface area contributed by atoms with Gasteiger partial charge in [-0.3, -0.25) is 14.5 Å². The standard InChI is InChI=1S/C25H20N2O5S/c1-13-6-7-14(2)16(11-13)22(28)20-21(18-5-4-10-32-18)27(24(30)23(20)29)25-26-17-9-8-15(31-3)12-19(17)33-25/h4-12,21,28H,1-3H3/b22-20+. The first-order valence-corrected chi connectivity index (χ1v) is 11.1. The molecule has 7 nitrogen and oxygen atoms in total. The van der Waals surface area contributed by atoms with Gasteiger partial charge in [0, 0.05) is 5.56 Å². The molecule has 3 heterocycles. The van der Waals surface area contributed by atoms with Crippen molar-refractivity contribution >= 4 is 44.1 Å². The van der Waals surface area contributed by atoms with Crippen LogP contribution in [0.3, 0.4) is 0 Å². The van der Waals surface area contributed by atoms with Gasteiger partial charge in [-0.1, -0.05) is 29.0 Å². The predicted molar refractivity (Wildman–Crippen MR) is 126 cm³/mol. The van der Waals surface area contributed by atoms with Crippen LogP contribution in [-0.2, 0) is 9.59 Å². The molecule has 0 radical (unpaired) electrons. The lowest BCUT2D eigenvalue weighted by Gasteiger charge is -2.20. The number of nitrogens with zero attached hydrogens (tertiary/aromatic N) is 2. The van der Waals surface area contributed by atoms with Crippen molar-refractivity contribution in [1.82, 2.24) is 4.98 Å². The molecule has 4 aromatic rings. The summed E-state index contributed by atoms with van der Waals surface area (Å²) in [6, 6.07) is 13.4. The van der Waals surface area contributed by atoms with Crippen molar-refractivity contribution in [3.63, 3.8) is 0 Å². The van der Waals surface area contributed by atoms with Gasteiger partial charge in [-0.2, -0.15) is 0 Å². The number of aliphatic hydroxyl groups excluding tert-OH is 1. The number of hydrogen-bond acceptors (Lipinski definition) is 7. The highest BCUT2D eigenvalue weighted by molar-refractivity contribution is 7.22. The number of carbonyl (C=O) groups is 2. The van der Waals surface area contributed by atoms with E-state index in [1.165, 1.54) is 22.5 Å². The van der Waals surface area contributed by atoms with Crippen LogP contribution in [0.5, 0.6) is 5.75 Å². The van der Waals surface area contributed by atoms with Gasteiger partial charge in [-0.05, 0) is 55.8 Å². The van der Waals surface area contributed by atoms with Crippen molar-refractivity contribution in [3.8, 4) is 5.75 Å². The minimum absolute atomic E-state index is 0.0273. The summed E-state index contributed by atoms with van der Waals surface area (Å²) in [5, 5.41) is 11.6. The molecule has 0 bridgehead atoms. The lowest BCUT2D eigenvalue weighted by atomic mass is 9.96. The van der Waals surface area contributed by atoms with E-state index in [2.05, 4.69) is 4.98 Å². The summed E-state index contributed by atoms with van der Waals surface area (Å²) in [4.78, 5) is 32.4. The molecule has 5 rings (SSSR count). The number of methoxy groups -OCH3 is 1. The Bertz CT molecular complexity index is 1430. The highest BCUT2D eigenvalue weighted by Gasteiger charge is 2.49. The topological polar surface area (TPSA) is 92.9 Å². The number of fused-ring (bicyclic) bond motifs is 1. The Hall–Kier alpha value is -3.91. The third-order valence-electron chi connectivity index (χ3n) is 5.70. The number of Topliss-reactive ketones (excluding diaryl/α,β-unsaturated/α-hetero) is 1. The van der Waals surface area contributed by atoms with Gasteiger partial charge in [-0.15, -0.1) is 0 Å². The molecule has 1 atom stereocenters. The summed E-state index contributed by atoms with van der Waals surface area (Å²) >= 11 is 1.26. The first-order valence-electron chi connectivity index (χ1n) is 10.3. The number of aliphatic hydroxyl groups is 1. The molecule has 1 amide bonds. The van der Waals surface area contributed by atoms with E-state index in [0.29, 0.717) is 27.7 Å². The van der Waals surface area contributed by atoms with Crippen LogP contribution in [0.4, 0.5) is 5.13 Å². The highest BCUT2D eigenvalue weighted by atomic mass is 32.1. The second kappa shape index (κ2) is 7.90. The molecule has 1 saturated heterocycles. The van der Waals surface area contributed by atoms with Gasteiger partial charge in [-0.25, -0.2) is 4.98 Å². The fourth-order valence-electron chi connectivity index (χ4n) is 4.00. The van der Waals surface area contributed by atoms with Crippen molar-refractivity contribution in [2.45, 2.75) is 19.9 Å². The van der Waals surface area contributed by atoms with Gasteiger partial charge in [0.15, 0.2) is 5.13 Å². The normalized spacial score (nSPS) is 17.8. The number of aryl methyl sites for hydroxylation is 2. The van der Waals surface area contributed by atoms with Gasteiger partial charge in [0.1, 0.15) is 23.3 Å². The largest absolute Gasteiger partial charge is 0.507 e. The minimum atomic E-state index is -0.942. The molecule has 2 aromatic heterocycles. The second-order valence-electron chi connectivity index (χ2n) is 7.83. The number of carbonyl (C=O) groups excluding carboxylic acids is 2. The van der Waals surface area contributed by atoms with Gasteiger partial charge in [0.25, 0.3) is 5.78 Å². The van der Waals surface area contributed by atoms with E-state index in [4.69, 9.17) is 9.15 Å². The summed E-state index contributed by atoms with van der Waals surface area (Å²) in [6.45, 7) is 3.74. The van der Waals surface area contributed by atoms with Crippen molar-refractivity contribution in [3.05, 3.63) is 82.8 Å². The molecule has 0 aliphatic carbocycles. The van der Waals surface area contributed by atoms with E-state index in [1.54, 1.807) is 37.4 Å². The first-order chi connectivity index (χ1) is 15.9. The summed E-state index contributed by atoms with van der Waals surface area (Å²) in [5.74, 6) is -0.766. The summed E-state index contributed by atoms with van der Waals surface area (Å²) in [6.07, 6.45) is 1.47. The number of hydrogen-bond donors (Lipinski definition) is 1. The van der Waals surface area contributed by atoms with Crippen molar-refractivity contribution in [2.75, 3.05) is 12.0 Å². The van der Waals surface area contributed by atoms with Crippen molar-refractivity contribution in [2.24, 2.45) is 0 Å². The Morgan fingerprint density at radius 2 is 1.97 bits per heavy atom. The van der Waals surface area contributed by atoms with Gasteiger partial charge < -0.3 is 14.3 Å². The third kappa shape index (κ3) is 3.39. The molecule has 1 aliphatic rings. The molecule has 1 unspecified atom stereocenters. The zero-order chi connectivity index (χ0) is 23.3. The first kappa shape index (κ1) is 21.0. The lowest BCUT2D eigenvalue weighted by Crippen LogP contribution is -2.29. The Morgan fingerprint density at radius 1 is 1.15 bits per heavy atom. The maximum absolute atomic E-state index is 13.2. The molecular formula is C25H20N2O5S. The maximum atomic E-state index is 13.2. The monoisotopic (exact) mass is 460 g/mol. The highest BCUT2D eigenvalue weighted by Crippen LogP contribution is 2.45. The average Bonchev–Trinajstić information content (AvgIpc) is 3.53. The van der Waals surface area contributed by atoms with Gasteiger partial charge >= 0.3 is 5.91 Å². The Balaban J connectivity index is 1.72. The number of rotatable bonds is 4. The number of amides is 1. The molecule has 0 saturated carbocycles. The number of anilines is 1. The van der Waals surface area contributed by atoms with E-state index < -0.39 is 17.7 Å². The number of ketones is 1. The molecule has 1 aliphatic heterocycles. The van der Waals surface area contributed by atoms with Crippen molar-refractivity contribution in [1.29, 1.82) is 0 Å². The van der Waals surface area contributed by atoms with Gasteiger partial charge in [0.05, 0.1) is 29.2 Å². The fourth-order valence-corrected chi connectivity index (χ4v) is 5.03. The molecule has 166 valence electrons. The van der Waals surface area contributed by atoms with Gasteiger partial charge in [0.2, 0.25) is 0 Å². The number of thiazole rings is 1. The number of aromatic nitrogens is 1. The quantitative estimate of drug-likeness (QED) is 0.257. The fraction of sp³-hybridized carbons (Fsp3) is 0.160. The zero-order valence-electron chi connectivity index (χ0n) is 18.2. The molecule has 1 N–H and O–H groups in total. The molecule has 8 heteroatoms. The van der Waals surface area contributed by atoms with E-state index in [-0.39, 0.29) is 11.3 Å². The van der Waals surface area contributed by atoms with E-state index >= 15 is 0 Å². The van der Waals surface area contributed by atoms with Crippen LogP contribution in [0.1, 0.15) is 28.5 Å². The van der Waals surface area contributed by atoms with Crippen LogP contribution in [0.25, 0.3) is 16.0 Å². The van der Waals surface area contributed by atoms with Crippen LogP contribution in [0, 0.1) is 13.8 Å². The lowest BCUT2D eigenvalue weighted by molar-refractivity contribution is -0.132. The maximum Gasteiger partial charge on any atom is 0.302 e. The second-order valence-corrected chi connectivity index (χ2v) is 8.84. The van der Waals surface area contributed by atoms with Crippen LogP contribution >= 0.6 is 11.3 Å². The third-order valence-corrected chi connectivity index (χ3v) is 6.71. The van der Waals surface area contributed by atoms with E-state index in [1.807, 2.05) is 32.0 Å². The summed E-state index contributed by atoms with van der Waals surface area (Å²) in [7, 11) is 1.58. The molecule has 1 fully saturated rings. The molecule has 2 aromatic carbocycles. The molecule has 33 heavy (non-hydrogen) atoms. The minimum Gasteiger partial charge on any atom is -0.507 e. The Kier molecular flexibility index (Phi) is 5.02. The van der Waals surface area contributed by atoms with E-state index in [0.717, 1.165) is 15.8 Å². The number of benzene rings is 2. The molecular weight excluding hydrogens is 440 g/mol. The summed E-state index contributed by atoms with van der Waals surface area (Å²) in [5.41, 5.74) is 2.85. The average molecular weight is 461 g/mol. The molecule has 0 spiro atoms. The zero-order valence-corrected chi connectivity index (χ0v) is 19.0. The van der Waals surface area contributed by atoms with E-state index in [9.17, 15) is 14.7 Å². The van der Waals surface area contributed by atoms with Crippen LogP contribution in [-0.4, -0.2) is 28.9 Å². The number of furan rings is 1.